The molecule has 3 aromatic rings. The van der Waals surface area contributed by atoms with Gasteiger partial charge in [0.1, 0.15) is 5.82 Å². The molecule has 0 radical (unpaired) electrons. The zero-order valence-corrected chi connectivity index (χ0v) is 10.9. The number of hydrogen-bond acceptors (Lipinski definition) is 2. The van der Waals surface area contributed by atoms with Gasteiger partial charge in [0.2, 0.25) is 0 Å². The fourth-order valence-corrected chi connectivity index (χ4v) is 2.39. The van der Waals surface area contributed by atoms with Crippen molar-refractivity contribution in [2.45, 2.75) is 6.92 Å². The van der Waals surface area contributed by atoms with E-state index in [0.29, 0.717) is 11.1 Å². The second-order valence-corrected chi connectivity index (χ2v) is 4.65. The van der Waals surface area contributed by atoms with Gasteiger partial charge in [-0.1, -0.05) is 18.2 Å². The van der Waals surface area contributed by atoms with E-state index in [2.05, 4.69) is 4.98 Å². The molecule has 0 amide bonds. The lowest BCUT2D eigenvalue weighted by Crippen LogP contribution is -1.97. The summed E-state index contributed by atoms with van der Waals surface area (Å²) in [5.41, 5.74) is 1.94. The number of halogens is 1. The summed E-state index contributed by atoms with van der Waals surface area (Å²) in [6.45, 7) is 1.49. The van der Waals surface area contributed by atoms with E-state index in [1.165, 1.54) is 25.1 Å². The smallest absolute Gasteiger partial charge is 0.160 e. The predicted molar refractivity (Wildman–Crippen MR) is 77.1 cm³/mol. The first-order chi connectivity index (χ1) is 9.66. The fourth-order valence-electron chi connectivity index (χ4n) is 2.39. The average molecular weight is 265 g/mol. The van der Waals surface area contributed by atoms with Gasteiger partial charge >= 0.3 is 0 Å². The van der Waals surface area contributed by atoms with E-state index >= 15 is 0 Å². The fraction of sp³-hybridized carbons (Fsp3) is 0.0588. The zero-order chi connectivity index (χ0) is 14.1. The first-order valence-electron chi connectivity index (χ1n) is 6.30. The van der Waals surface area contributed by atoms with Crippen molar-refractivity contribution in [3.8, 4) is 11.1 Å². The van der Waals surface area contributed by atoms with Crippen LogP contribution in [0.3, 0.4) is 0 Å². The summed E-state index contributed by atoms with van der Waals surface area (Å²) in [5.74, 6) is -0.438. The van der Waals surface area contributed by atoms with Gasteiger partial charge in [0.15, 0.2) is 5.78 Å². The largest absolute Gasteiger partial charge is 0.294 e. The number of rotatable bonds is 2. The molecule has 0 aliphatic rings. The molecule has 0 saturated heterocycles. The van der Waals surface area contributed by atoms with Crippen molar-refractivity contribution in [3.05, 3.63) is 66.2 Å². The Balaban J connectivity index is 2.36. The highest BCUT2D eigenvalue weighted by Gasteiger charge is 2.12. The molecule has 0 aliphatic carbocycles. The van der Waals surface area contributed by atoms with Crippen molar-refractivity contribution in [1.29, 1.82) is 0 Å². The highest BCUT2D eigenvalue weighted by molar-refractivity contribution is 6.05. The van der Waals surface area contributed by atoms with E-state index in [0.717, 1.165) is 16.3 Å². The molecular weight excluding hydrogens is 253 g/mol. The number of hydrogen-bond donors (Lipinski definition) is 0. The molecule has 0 saturated carbocycles. The normalized spacial score (nSPS) is 10.7. The Kier molecular flexibility index (Phi) is 3.03. The third-order valence-electron chi connectivity index (χ3n) is 3.33. The summed E-state index contributed by atoms with van der Waals surface area (Å²) < 4.78 is 13.6. The molecular formula is C17H12FNO. The minimum atomic E-state index is -0.356. The van der Waals surface area contributed by atoms with Crippen LogP contribution in [0.25, 0.3) is 21.9 Å². The summed E-state index contributed by atoms with van der Waals surface area (Å²) in [6, 6.07) is 11.9. The maximum Gasteiger partial charge on any atom is 0.160 e. The van der Waals surface area contributed by atoms with Gasteiger partial charge < -0.3 is 0 Å². The molecule has 0 unspecified atom stereocenters. The summed E-state index contributed by atoms with van der Waals surface area (Å²) in [4.78, 5) is 15.9. The van der Waals surface area contributed by atoms with Crippen molar-refractivity contribution in [3.63, 3.8) is 0 Å². The molecule has 1 aromatic heterocycles. The Labute approximate surface area is 115 Å². The Morgan fingerprint density at radius 2 is 1.95 bits per heavy atom. The summed E-state index contributed by atoms with van der Waals surface area (Å²) >= 11 is 0. The topological polar surface area (TPSA) is 30.0 Å². The van der Waals surface area contributed by atoms with Gasteiger partial charge in [-0.3, -0.25) is 9.78 Å². The third kappa shape index (κ3) is 2.07. The van der Waals surface area contributed by atoms with Gasteiger partial charge in [-0.2, -0.15) is 0 Å². The molecule has 0 bridgehead atoms. The van der Waals surface area contributed by atoms with E-state index in [4.69, 9.17) is 0 Å². The Hall–Kier alpha value is -2.55. The number of Topliss-reactive ketones (excluding diaryl/α,β-unsaturated/α-hetero) is 1. The van der Waals surface area contributed by atoms with Crippen LogP contribution in [0.2, 0.25) is 0 Å². The highest BCUT2D eigenvalue weighted by Crippen LogP contribution is 2.31. The number of pyridine rings is 1. The number of nitrogens with zero attached hydrogens (tertiary/aromatic N) is 1. The van der Waals surface area contributed by atoms with Gasteiger partial charge in [0, 0.05) is 23.3 Å². The molecule has 0 N–H and O–H groups in total. The van der Waals surface area contributed by atoms with Gasteiger partial charge in [-0.15, -0.1) is 0 Å². The molecule has 3 rings (SSSR count). The van der Waals surface area contributed by atoms with Gasteiger partial charge in [0.25, 0.3) is 0 Å². The van der Waals surface area contributed by atoms with Crippen LogP contribution in [0.5, 0.6) is 0 Å². The van der Waals surface area contributed by atoms with E-state index in [1.54, 1.807) is 12.4 Å². The number of benzene rings is 2. The van der Waals surface area contributed by atoms with E-state index in [1.807, 2.05) is 24.3 Å². The monoisotopic (exact) mass is 265 g/mol. The first-order valence-corrected chi connectivity index (χ1v) is 6.30. The number of carbonyl (C=O) groups is 1. The summed E-state index contributed by atoms with van der Waals surface area (Å²) in [5, 5.41) is 1.92. The Bertz CT molecular complexity index is 806. The minimum Gasteiger partial charge on any atom is -0.294 e. The molecule has 3 heteroatoms. The molecule has 98 valence electrons. The van der Waals surface area contributed by atoms with Crippen LogP contribution in [0.15, 0.2) is 54.9 Å². The van der Waals surface area contributed by atoms with Gasteiger partial charge in [0.05, 0.1) is 0 Å². The summed E-state index contributed by atoms with van der Waals surface area (Å²) in [6.07, 6.45) is 3.45. The van der Waals surface area contributed by atoms with Crippen LogP contribution in [0.1, 0.15) is 17.3 Å². The van der Waals surface area contributed by atoms with Crippen molar-refractivity contribution >= 4 is 16.6 Å². The second kappa shape index (κ2) is 4.85. The number of aromatic nitrogens is 1. The van der Waals surface area contributed by atoms with Gasteiger partial charge in [-0.05, 0) is 47.7 Å². The van der Waals surface area contributed by atoms with E-state index in [-0.39, 0.29) is 11.6 Å². The Morgan fingerprint density at radius 3 is 2.75 bits per heavy atom. The van der Waals surface area contributed by atoms with Crippen molar-refractivity contribution in [2.24, 2.45) is 0 Å². The molecule has 0 spiro atoms. The average Bonchev–Trinajstić information content (AvgIpc) is 2.46. The zero-order valence-electron chi connectivity index (χ0n) is 10.9. The van der Waals surface area contributed by atoms with Crippen LogP contribution in [0, 0.1) is 5.82 Å². The minimum absolute atomic E-state index is 0.0825. The highest BCUT2D eigenvalue weighted by atomic mass is 19.1. The van der Waals surface area contributed by atoms with Gasteiger partial charge in [-0.25, -0.2) is 4.39 Å². The predicted octanol–water partition coefficient (Wildman–Crippen LogP) is 4.24. The number of fused-ring (bicyclic) bond motifs is 1. The van der Waals surface area contributed by atoms with E-state index in [9.17, 15) is 9.18 Å². The molecule has 0 aliphatic heterocycles. The molecule has 1 heterocycles. The maximum absolute atomic E-state index is 13.6. The van der Waals surface area contributed by atoms with Crippen molar-refractivity contribution in [2.75, 3.05) is 0 Å². The standard InChI is InChI=1S/C17H12FNO/c1-11(20)14-6-5-13(18)9-16(14)15-4-2-3-12-7-8-19-10-17(12)15/h2-10H,1H3. The number of carbonyl (C=O) groups excluding carboxylic acids is 1. The Morgan fingerprint density at radius 1 is 1.10 bits per heavy atom. The summed E-state index contributed by atoms with van der Waals surface area (Å²) in [7, 11) is 0. The third-order valence-corrected chi connectivity index (χ3v) is 3.33. The molecule has 20 heavy (non-hydrogen) atoms. The first kappa shape index (κ1) is 12.5. The van der Waals surface area contributed by atoms with Crippen LogP contribution >= 0.6 is 0 Å². The lowest BCUT2D eigenvalue weighted by molar-refractivity contribution is 0.101. The van der Waals surface area contributed by atoms with Crippen LogP contribution in [0.4, 0.5) is 4.39 Å². The van der Waals surface area contributed by atoms with Crippen LogP contribution in [-0.2, 0) is 0 Å². The maximum atomic E-state index is 13.6. The van der Waals surface area contributed by atoms with Crippen molar-refractivity contribution in [1.82, 2.24) is 4.98 Å². The molecule has 0 atom stereocenters. The molecule has 2 nitrogen and oxygen atoms in total. The van der Waals surface area contributed by atoms with Crippen LogP contribution < -0.4 is 0 Å². The lowest BCUT2D eigenvalue weighted by atomic mass is 9.94. The SMILES string of the molecule is CC(=O)c1ccc(F)cc1-c1cccc2ccncc12. The van der Waals surface area contributed by atoms with Crippen molar-refractivity contribution < 1.29 is 9.18 Å². The molecule has 0 fully saturated rings. The van der Waals surface area contributed by atoms with E-state index < -0.39 is 0 Å². The number of ketones is 1. The quantitative estimate of drug-likeness (QED) is 0.648. The molecule has 2 aromatic carbocycles. The lowest BCUT2D eigenvalue weighted by Gasteiger charge is -2.10. The second-order valence-electron chi connectivity index (χ2n) is 4.65. The van der Waals surface area contributed by atoms with Crippen LogP contribution in [-0.4, -0.2) is 10.8 Å².